The maximum Gasteiger partial charge on any atom is 0.220 e. The zero-order valence-electron chi connectivity index (χ0n) is 14.9. The van der Waals surface area contributed by atoms with Crippen molar-refractivity contribution in [1.29, 1.82) is 0 Å². The summed E-state index contributed by atoms with van der Waals surface area (Å²) < 4.78 is 31.5. The molecule has 0 unspecified atom stereocenters. The SMILES string of the molecule is CCCC(=O)NC[C@H](c1ccco1)S(=O)(=O)c1ccc(C(C)C)cc1. The second kappa shape index (κ2) is 8.34. The van der Waals surface area contributed by atoms with Gasteiger partial charge in [0.1, 0.15) is 11.0 Å². The Bertz CT molecular complexity index is 777. The van der Waals surface area contributed by atoms with Crippen molar-refractivity contribution in [2.75, 3.05) is 6.54 Å². The quantitative estimate of drug-likeness (QED) is 0.773. The molecule has 0 aliphatic carbocycles. The monoisotopic (exact) mass is 363 g/mol. The van der Waals surface area contributed by atoms with Crippen molar-refractivity contribution in [3.05, 3.63) is 54.0 Å². The highest BCUT2D eigenvalue weighted by Crippen LogP contribution is 2.29. The molecule has 1 aromatic heterocycles. The molecule has 0 aliphatic heterocycles. The van der Waals surface area contributed by atoms with E-state index in [2.05, 4.69) is 19.2 Å². The van der Waals surface area contributed by atoms with E-state index in [1.54, 1.807) is 24.3 Å². The molecule has 0 fully saturated rings. The van der Waals surface area contributed by atoms with Crippen LogP contribution in [0.3, 0.4) is 0 Å². The van der Waals surface area contributed by atoms with Crippen LogP contribution in [0.15, 0.2) is 52.0 Å². The summed E-state index contributed by atoms with van der Waals surface area (Å²) in [6, 6.07) is 10.2. The molecule has 5 nitrogen and oxygen atoms in total. The van der Waals surface area contributed by atoms with Gasteiger partial charge in [-0.1, -0.05) is 32.9 Å². The Kier molecular flexibility index (Phi) is 6.42. The Morgan fingerprint density at radius 2 is 1.84 bits per heavy atom. The average Bonchev–Trinajstić information content (AvgIpc) is 3.09. The van der Waals surface area contributed by atoms with E-state index in [9.17, 15) is 13.2 Å². The predicted molar refractivity (Wildman–Crippen MR) is 97.1 cm³/mol. The van der Waals surface area contributed by atoms with E-state index in [4.69, 9.17) is 4.42 Å². The summed E-state index contributed by atoms with van der Waals surface area (Å²) in [4.78, 5) is 12.0. The zero-order valence-corrected chi connectivity index (χ0v) is 15.7. The first-order chi connectivity index (χ1) is 11.9. The van der Waals surface area contributed by atoms with Gasteiger partial charge in [0.15, 0.2) is 9.84 Å². The molecule has 25 heavy (non-hydrogen) atoms. The topological polar surface area (TPSA) is 76.4 Å². The van der Waals surface area contributed by atoms with Crippen molar-refractivity contribution in [1.82, 2.24) is 5.32 Å². The van der Waals surface area contributed by atoms with Gasteiger partial charge in [0.2, 0.25) is 5.91 Å². The minimum atomic E-state index is -3.69. The molecule has 2 rings (SSSR count). The number of hydrogen-bond donors (Lipinski definition) is 1. The fourth-order valence-corrected chi connectivity index (χ4v) is 4.15. The molecule has 1 amide bonds. The Morgan fingerprint density at radius 3 is 2.36 bits per heavy atom. The molecular formula is C19H25NO4S. The van der Waals surface area contributed by atoms with Gasteiger partial charge in [-0.3, -0.25) is 4.79 Å². The van der Waals surface area contributed by atoms with Gasteiger partial charge in [-0.25, -0.2) is 8.42 Å². The molecule has 0 saturated carbocycles. The Labute approximate surface area is 149 Å². The molecule has 1 heterocycles. The summed E-state index contributed by atoms with van der Waals surface area (Å²) >= 11 is 0. The van der Waals surface area contributed by atoms with Crippen molar-refractivity contribution in [2.24, 2.45) is 0 Å². The molecule has 1 aromatic carbocycles. The van der Waals surface area contributed by atoms with Gasteiger partial charge in [-0.2, -0.15) is 0 Å². The van der Waals surface area contributed by atoms with Gasteiger partial charge in [0.25, 0.3) is 0 Å². The molecule has 6 heteroatoms. The lowest BCUT2D eigenvalue weighted by Gasteiger charge is -2.17. The molecule has 0 aliphatic rings. The van der Waals surface area contributed by atoms with Gasteiger partial charge in [0.05, 0.1) is 11.2 Å². The number of sulfone groups is 1. The normalized spacial score (nSPS) is 13.0. The maximum absolute atomic E-state index is 13.1. The molecular weight excluding hydrogens is 338 g/mol. The Balaban J connectivity index is 2.30. The molecule has 1 N–H and O–H groups in total. The Hall–Kier alpha value is -2.08. The minimum absolute atomic E-state index is 0.0133. The molecule has 0 bridgehead atoms. The van der Waals surface area contributed by atoms with Crippen LogP contribution in [-0.4, -0.2) is 20.9 Å². The van der Waals surface area contributed by atoms with E-state index < -0.39 is 15.1 Å². The number of hydrogen-bond acceptors (Lipinski definition) is 4. The fraction of sp³-hybridized carbons (Fsp3) is 0.421. The van der Waals surface area contributed by atoms with E-state index in [0.29, 0.717) is 24.5 Å². The first kappa shape index (κ1) is 19.2. The summed E-state index contributed by atoms with van der Waals surface area (Å²) in [6.07, 6.45) is 2.52. The molecule has 0 radical (unpaired) electrons. The Morgan fingerprint density at radius 1 is 1.16 bits per heavy atom. The van der Waals surface area contributed by atoms with Crippen LogP contribution in [-0.2, 0) is 14.6 Å². The van der Waals surface area contributed by atoms with Crippen LogP contribution in [0.2, 0.25) is 0 Å². The van der Waals surface area contributed by atoms with Crippen molar-refractivity contribution in [2.45, 2.75) is 49.7 Å². The molecule has 136 valence electrons. The predicted octanol–water partition coefficient (Wildman–Crippen LogP) is 3.83. The van der Waals surface area contributed by atoms with Crippen molar-refractivity contribution >= 4 is 15.7 Å². The van der Waals surface area contributed by atoms with Crippen LogP contribution < -0.4 is 5.32 Å². The minimum Gasteiger partial charge on any atom is -0.468 e. The molecule has 0 spiro atoms. The summed E-state index contributed by atoms with van der Waals surface area (Å²) in [5, 5.41) is 1.75. The highest BCUT2D eigenvalue weighted by Gasteiger charge is 2.31. The first-order valence-electron chi connectivity index (χ1n) is 8.50. The third-order valence-electron chi connectivity index (χ3n) is 4.07. The van der Waals surface area contributed by atoms with Crippen LogP contribution in [0.4, 0.5) is 0 Å². The summed E-state index contributed by atoms with van der Waals surface area (Å²) in [7, 11) is -3.69. The zero-order chi connectivity index (χ0) is 18.4. The maximum atomic E-state index is 13.1. The van der Waals surface area contributed by atoms with Crippen molar-refractivity contribution in [3.8, 4) is 0 Å². The highest BCUT2D eigenvalue weighted by atomic mass is 32.2. The summed E-state index contributed by atoms with van der Waals surface area (Å²) in [5.74, 6) is 0.486. The van der Waals surface area contributed by atoms with Crippen molar-refractivity contribution in [3.63, 3.8) is 0 Å². The second-order valence-corrected chi connectivity index (χ2v) is 8.46. The van der Waals surface area contributed by atoms with Crippen LogP contribution >= 0.6 is 0 Å². The van der Waals surface area contributed by atoms with Gasteiger partial charge in [-0.05, 0) is 42.2 Å². The number of furan rings is 1. The molecule has 2 aromatic rings. The van der Waals surface area contributed by atoms with Gasteiger partial charge >= 0.3 is 0 Å². The number of rotatable bonds is 8. The van der Waals surface area contributed by atoms with E-state index in [1.165, 1.54) is 6.26 Å². The fourth-order valence-electron chi connectivity index (χ4n) is 2.57. The van der Waals surface area contributed by atoms with Gasteiger partial charge < -0.3 is 9.73 Å². The van der Waals surface area contributed by atoms with Crippen LogP contribution in [0, 0.1) is 0 Å². The smallest absolute Gasteiger partial charge is 0.220 e. The van der Waals surface area contributed by atoms with E-state index in [1.807, 2.05) is 19.1 Å². The lowest BCUT2D eigenvalue weighted by Crippen LogP contribution is -2.31. The number of amides is 1. The third kappa shape index (κ3) is 4.72. The van der Waals surface area contributed by atoms with E-state index in [-0.39, 0.29) is 17.3 Å². The largest absolute Gasteiger partial charge is 0.468 e. The summed E-state index contributed by atoms with van der Waals surface area (Å²) in [5.41, 5.74) is 1.07. The lowest BCUT2D eigenvalue weighted by atomic mass is 10.0. The average molecular weight is 363 g/mol. The van der Waals surface area contributed by atoms with E-state index >= 15 is 0 Å². The highest BCUT2D eigenvalue weighted by molar-refractivity contribution is 7.91. The van der Waals surface area contributed by atoms with Crippen LogP contribution in [0.1, 0.15) is 56.1 Å². The number of carbonyl (C=O) groups is 1. The molecule has 1 atom stereocenters. The van der Waals surface area contributed by atoms with Crippen molar-refractivity contribution < 1.29 is 17.6 Å². The lowest BCUT2D eigenvalue weighted by molar-refractivity contribution is -0.121. The first-order valence-corrected chi connectivity index (χ1v) is 10.0. The number of carbonyl (C=O) groups excluding carboxylic acids is 1. The van der Waals surface area contributed by atoms with Gasteiger partial charge in [-0.15, -0.1) is 0 Å². The number of benzene rings is 1. The number of nitrogens with one attached hydrogen (secondary N) is 1. The van der Waals surface area contributed by atoms with Crippen LogP contribution in [0.25, 0.3) is 0 Å². The van der Waals surface area contributed by atoms with E-state index in [0.717, 1.165) is 5.56 Å². The second-order valence-electron chi connectivity index (χ2n) is 6.33. The summed E-state index contributed by atoms with van der Waals surface area (Å²) in [6.45, 7) is 5.99. The molecule has 0 saturated heterocycles. The van der Waals surface area contributed by atoms with Crippen LogP contribution in [0.5, 0.6) is 0 Å². The van der Waals surface area contributed by atoms with Gasteiger partial charge in [0, 0.05) is 13.0 Å². The third-order valence-corrected chi connectivity index (χ3v) is 6.15. The standard InChI is InChI=1S/C19H25NO4S/c1-4-6-19(21)20-13-18(17-7-5-12-24-17)25(22,23)16-10-8-15(9-11-16)14(2)3/h5,7-12,14,18H,4,6,13H2,1-3H3,(H,20,21)/t18-/m1/s1.